The Kier molecular flexibility index (Phi) is 5.73. The molecule has 0 aliphatic carbocycles. The Bertz CT molecular complexity index is 1060. The van der Waals surface area contributed by atoms with Crippen LogP contribution in [-0.4, -0.2) is 41.0 Å². The van der Waals surface area contributed by atoms with E-state index in [9.17, 15) is 18.0 Å². The van der Waals surface area contributed by atoms with Gasteiger partial charge in [-0.1, -0.05) is 0 Å². The molecule has 0 radical (unpaired) electrons. The third kappa shape index (κ3) is 4.32. The predicted molar refractivity (Wildman–Crippen MR) is 98.6 cm³/mol. The fourth-order valence-corrected chi connectivity index (χ4v) is 2.67. The summed E-state index contributed by atoms with van der Waals surface area (Å²) < 4.78 is 50.1. The van der Waals surface area contributed by atoms with Crippen LogP contribution in [0.5, 0.6) is 5.88 Å². The lowest BCUT2D eigenvalue weighted by atomic mass is 10.2. The summed E-state index contributed by atoms with van der Waals surface area (Å²) in [6.07, 6.45) is 0. The van der Waals surface area contributed by atoms with E-state index < -0.39 is 24.2 Å². The van der Waals surface area contributed by atoms with Crippen molar-refractivity contribution in [3.63, 3.8) is 0 Å². The summed E-state index contributed by atoms with van der Waals surface area (Å²) in [5.74, 6) is -2.62. The standard InChI is InChI=1S/C17H17F3N6O3/c1-28-5-4-26-12-3-2-8(6-9(12)16(25-26)29-17(19)20)23-15-10(14(22)27)7-11(18)13(21)24-15/h2-3,6-7,17H,4-5H2,1H3,(H2,22,27)(H3,21,23,24). The van der Waals surface area contributed by atoms with Crippen LogP contribution < -0.4 is 21.5 Å². The molecule has 0 saturated heterocycles. The van der Waals surface area contributed by atoms with E-state index in [2.05, 4.69) is 20.1 Å². The first-order chi connectivity index (χ1) is 13.8. The van der Waals surface area contributed by atoms with Crippen molar-refractivity contribution in [2.24, 2.45) is 5.73 Å². The minimum absolute atomic E-state index is 0.0844. The predicted octanol–water partition coefficient (Wildman–Crippen LogP) is 2.24. The molecule has 0 aliphatic rings. The molecule has 0 saturated carbocycles. The van der Waals surface area contributed by atoms with E-state index in [1.807, 2.05) is 0 Å². The second kappa shape index (κ2) is 8.22. The lowest BCUT2D eigenvalue weighted by molar-refractivity contribution is -0.0523. The quantitative estimate of drug-likeness (QED) is 0.519. The van der Waals surface area contributed by atoms with Gasteiger partial charge in [0.05, 0.1) is 29.6 Å². The number of pyridine rings is 1. The van der Waals surface area contributed by atoms with Crippen molar-refractivity contribution in [2.75, 3.05) is 24.8 Å². The van der Waals surface area contributed by atoms with Crippen LogP contribution >= 0.6 is 0 Å². The molecule has 0 atom stereocenters. The van der Waals surface area contributed by atoms with Gasteiger partial charge in [0.2, 0.25) is 5.88 Å². The van der Waals surface area contributed by atoms with Crippen LogP contribution in [0.3, 0.4) is 0 Å². The maximum absolute atomic E-state index is 13.6. The smallest absolute Gasteiger partial charge is 0.388 e. The molecule has 0 fully saturated rings. The molecule has 9 nitrogen and oxygen atoms in total. The Morgan fingerprint density at radius 3 is 2.76 bits per heavy atom. The molecule has 0 unspecified atom stereocenters. The molecule has 2 heterocycles. The van der Waals surface area contributed by atoms with E-state index in [0.29, 0.717) is 24.4 Å². The molecule has 29 heavy (non-hydrogen) atoms. The van der Waals surface area contributed by atoms with Crippen LogP contribution in [0.4, 0.5) is 30.5 Å². The first-order valence-electron chi connectivity index (χ1n) is 8.27. The van der Waals surface area contributed by atoms with Gasteiger partial charge < -0.3 is 26.3 Å². The number of anilines is 3. The second-order valence-corrected chi connectivity index (χ2v) is 5.87. The number of alkyl halides is 2. The number of ether oxygens (including phenoxy) is 2. The fraction of sp³-hybridized carbons (Fsp3) is 0.235. The van der Waals surface area contributed by atoms with Gasteiger partial charge in [-0.3, -0.25) is 9.48 Å². The molecular weight excluding hydrogens is 393 g/mol. The van der Waals surface area contributed by atoms with Gasteiger partial charge in [-0.2, -0.15) is 8.78 Å². The minimum atomic E-state index is -3.07. The molecule has 0 spiro atoms. The number of carbonyl (C=O) groups is 1. The maximum atomic E-state index is 13.6. The summed E-state index contributed by atoms with van der Waals surface area (Å²) in [7, 11) is 1.50. The minimum Gasteiger partial charge on any atom is -0.415 e. The number of rotatable bonds is 8. The van der Waals surface area contributed by atoms with Crippen molar-refractivity contribution < 1.29 is 27.4 Å². The normalized spacial score (nSPS) is 11.2. The number of nitrogens with two attached hydrogens (primary N) is 2. The zero-order valence-electron chi connectivity index (χ0n) is 15.2. The molecule has 2 aromatic heterocycles. The Balaban J connectivity index is 2.03. The molecule has 3 rings (SSSR count). The molecule has 0 bridgehead atoms. The maximum Gasteiger partial charge on any atom is 0.388 e. The van der Waals surface area contributed by atoms with E-state index in [0.717, 1.165) is 6.07 Å². The fourth-order valence-electron chi connectivity index (χ4n) is 2.67. The Morgan fingerprint density at radius 1 is 1.34 bits per heavy atom. The summed E-state index contributed by atoms with van der Waals surface area (Å²) in [6, 6.07) is 5.52. The summed E-state index contributed by atoms with van der Waals surface area (Å²) in [6.45, 7) is -2.44. The molecule has 154 valence electrons. The Labute approximate surface area is 162 Å². The van der Waals surface area contributed by atoms with Crippen LogP contribution in [0, 0.1) is 5.82 Å². The molecule has 5 N–H and O–H groups in total. The third-order valence-electron chi connectivity index (χ3n) is 3.96. The zero-order valence-corrected chi connectivity index (χ0v) is 15.2. The number of carbonyl (C=O) groups excluding carboxylic acids is 1. The summed E-state index contributed by atoms with van der Waals surface area (Å²) in [5, 5.41) is 7.10. The number of hydrogen-bond acceptors (Lipinski definition) is 7. The van der Waals surface area contributed by atoms with Gasteiger partial charge in [-0.05, 0) is 24.3 Å². The summed E-state index contributed by atoms with van der Waals surface area (Å²) in [4.78, 5) is 15.4. The lowest BCUT2D eigenvalue weighted by Crippen LogP contribution is -2.16. The van der Waals surface area contributed by atoms with E-state index in [1.165, 1.54) is 17.9 Å². The zero-order chi connectivity index (χ0) is 21.1. The monoisotopic (exact) mass is 410 g/mol. The number of nitrogen functional groups attached to an aromatic ring is 1. The number of hydrogen-bond donors (Lipinski definition) is 3. The second-order valence-electron chi connectivity index (χ2n) is 5.87. The van der Waals surface area contributed by atoms with Crippen molar-refractivity contribution in [2.45, 2.75) is 13.2 Å². The molecule has 1 aromatic carbocycles. The molecular formula is C17H17F3N6O3. The Morgan fingerprint density at radius 2 is 2.10 bits per heavy atom. The highest BCUT2D eigenvalue weighted by Crippen LogP contribution is 2.31. The van der Waals surface area contributed by atoms with Gasteiger partial charge in [0.25, 0.3) is 5.91 Å². The third-order valence-corrected chi connectivity index (χ3v) is 3.96. The van der Waals surface area contributed by atoms with Gasteiger partial charge in [0.1, 0.15) is 5.82 Å². The van der Waals surface area contributed by atoms with Gasteiger partial charge in [-0.15, -0.1) is 5.10 Å². The number of nitrogens with one attached hydrogen (secondary N) is 1. The van der Waals surface area contributed by atoms with E-state index >= 15 is 0 Å². The van der Waals surface area contributed by atoms with Gasteiger partial charge in [0.15, 0.2) is 11.6 Å². The highest BCUT2D eigenvalue weighted by molar-refractivity contribution is 5.99. The molecule has 0 aliphatic heterocycles. The number of benzene rings is 1. The van der Waals surface area contributed by atoms with Crippen molar-refractivity contribution in [3.8, 4) is 5.88 Å². The summed E-state index contributed by atoms with van der Waals surface area (Å²) >= 11 is 0. The average Bonchev–Trinajstić information content (AvgIpc) is 2.99. The van der Waals surface area contributed by atoms with Crippen LogP contribution in [0.15, 0.2) is 24.3 Å². The number of methoxy groups -OCH3 is 1. The van der Waals surface area contributed by atoms with Crippen LogP contribution in [0.2, 0.25) is 0 Å². The highest BCUT2D eigenvalue weighted by atomic mass is 19.3. The van der Waals surface area contributed by atoms with E-state index in [4.69, 9.17) is 16.2 Å². The highest BCUT2D eigenvalue weighted by Gasteiger charge is 2.18. The molecule has 3 aromatic rings. The summed E-state index contributed by atoms with van der Waals surface area (Å²) in [5.41, 5.74) is 11.3. The van der Waals surface area contributed by atoms with Crippen LogP contribution in [0.25, 0.3) is 10.9 Å². The number of aromatic nitrogens is 3. The number of fused-ring (bicyclic) bond motifs is 1. The lowest BCUT2D eigenvalue weighted by Gasteiger charge is -2.11. The van der Waals surface area contributed by atoms with Crippen LogP contribution in [-0.2, 0) is 11.3 Å². The van der Waals surface area contributed by atoms with E-state index in [1.54, 1.807) is 12.1 Å². The number of primary amides is 1. The average molecular weight is 410 g/mol. The Hall–Kier alpha value is -3.54. The number of halogens is 3. The van der Waals surface area contributed by atoms with Gasteiger partial charge >= 0.3 is 6.61 Å². The largest absolute Gasteiger partial charge is 0.415 e. The van der Waals surface area contributed by atoms with Crippen molar-refractivity contribution in [1.82, 2.24) is 14.8 Å². The van der Waals surface area contributed by atoms with Gasteiger partial charge in [0, 0.05) is 12.8 Å². The van der Waals surface area contributed by atoms with Crippen molar-refractivity contribution >= 4 is 34.1 Å². The number of nitrogens with zero attached hydrogens (tertiary/aromatic N) is 3. The SMILES string of the molecule is COCCn1nc(OC(F)F)c2cc(Nc3nc(N)c(F)cc3C(N)=O)ccc21. The van der Waals surface area contributed by atoms with Crippen LogP contribution in [0.1, 0.15) is 10.4 Å². The van der Waals surface area contributed by atoms with Crippen molar-refractivity contribution in [1.29, 1.82) is 0 Å². The first kappa shape index (κ1) is 20.2. The van der Waals surface area contributed by atoms with Crippen molar-refractivity contribution in [3.05, 3.63) is 35.6 Å². The number of amides is 1. The van der Waals surface area contributed by atoms with Gasteiger partial charge in [-0.25, -0.2) is 9.37 Å². The van der Waals surface area contributed by atoms with E-state index in [-0.39, 0.29) is 22.6 Å². The first-order valence-corrected chi connectivity index (χ1v) is 8.27. The molecule has 1 amide bonds. The topological polar surface area (TPSA) is 130 Å². The molecule has 12 heteroatoms.